The molecule has 0 bridgehead atoms. The average Bonchev–Trinajstić information content (AvgIpc) is 2.05. The monoisotopic (exact) mass is 248 g/mol. The van der Waals surface area contributed by atoms with Gasteiger partial charge in [-0.05, 0) is 11.4 Å². The van der Waals surface area contributed by atoms with Crippen LogP contribution in [0.2, 0.25) is 0 Å². The van der Waals surface area contributed by atoms with Gasteiger partial charge in [0, 0.05) is 0 Å². The summed E-state index contributed by atoms with van der Waals surface area (Å²) in [5.74, 6) is 0. The molecule has 0 N–H and O–H groups in total. The molecule has 4 nitrogen and oxygen atoms in total. The van der Waals surface area contributed by atoms with Crippen LogP contribution in [0.1, 0.15) is 6.92 Å². The van der Waals surface area contributed by atoms with Crippen LogP contribution in [0, 0.1) is 0 Å². The van der Waals surface area contributed by atoms with Crippen molar-refractivity contribution in [2.45, 2.75) is 6.92 Å². The maximum absolute atomic E-state index is 11.4. The van der Waals surface area contributed by atoms with Gasteiger partial charge in [-0.1, -0.05) is 16.9 Å². The number of halogens is 2. The van der Waals surface area contributed by atoms with Crippen LogP contribution in [0.3, 0.4) is 0 Å². The van der Waals surface area contributed by atoms with E-state index in [0.717, 1.165) is 0 Å². The van der Waals surface area contributed by atoms with Crippen molar-refractivity contribution in [2.24, 2.45) is 0 Å². The van der Waals surface area contributed by atoms with E-state index in [-0.39, 0.29) is 6.61 Å². The Morgan fingerprint density at radius 2 is 2.36 bits per heavy atom. The topological polar surface area (TPSA) is 44.8 Å². The smallest absolute Gasteiger partial charge is 0.280 e. The summed E-state index contributed by atoms with van der Waals surface area (Å²) in [6, 6.07) is 0. The second-order valence-electron chi connectivity index (χ2n) is 1.45. The van der Waals surface area contributed by atoms with Crippen LogP contribution < -0.4 is 0 Å². The molecule has 0 aromatic heterocycles. The summed E-state index contributed by atoms with van der Waals surface area (Å²) in [6.45, 7) is 1.70. The Morgan fingerprint density at radius 1 is 1.73 bits per heavy atom. The van der Waals surface area contributed by atoms with Crippen LogP contribution in [-0.2, 0) is 17.4 Å². The molecule has 0 aliphatic rings. The minimum atomic E-state index is -4.01. The first-order valence-electron chi connectivity index (χ1n) is 2.65. The predicted molar refractivity (Wildman–Crippen MR) is 40.6 cm³/mol. The van der Waals surface area contributed by atoms with Crippen LogP contribution in [0.4, 0.5) is 4.53 Å². The number of allylic oxidation sites excluding steroid dienone is 1. The standard InChI is InChI=1S/C4H7BrFO4P/c1-2-3-4-8-11(7,9-5)10-6/h2-3H,4H2,1H3. The summed E-state index contributed by atoms with van der Waals surface area (Å²) in [6.07, 6.45) is 3.18. The first-order valence-corrected chi connectivity index (χ1v) is 4.75. The summed E-state index contributed by atoms with van der Waals surface area (Å²) < 4.78 is 33.4. The summed E-state index contributed by atoms with van der Waals surface area (Å²) in [5.41, 5.74) is 0. The molecule has 11 heavy (non-hydrogen) atoms. The molecule has 7 heteroatoms. The Hall–Kier alpha value is 0.260. The summed E-state index contributed by atoms with van der Waals surface area (Å²) >= 11 is 2.31. The van der Waals surface area contributed by atoms with Gasteiger partial charge >= 0.3 is 7.82 Å². The van der Waals surface area contributed by atoms with Crippen molar-refractivity contribution in [2.75, 3.05) is 6.61 Å². The molecule has 0 heterocycles. The molecule has 1 unspecified atom stereocenters. The normalized spacial score (nSPS) is 17.0. The Morgan fingerprint density at radius 3 is 2.73 bits per heavy atom. The lowest BCUT2D eigenvalue weighted by atomic mass is 10.6. The predicted octanol–water partition coefficient (Wildman–Crippen LogP) is 2.91. The highest BCUT2D eigenvalue weighted by molar-refractivity contribution is 9.06. The zero-order valence-electron chi connectivity index (χ0n) is 5.70. The fourth-order valence-corrected chi connectivity index (χ4v) is 1.04. The third-order valence-corrected chi connectivity index (χ3v) is 2.60. The lowest BCUT2D eigenvalue weighted by Crippen LogP contribution is -1.89. The summed E-state index contributed by atoms with van der Waals surface area (Å²) in [7, 11) is -4.01. The van der Waals surface area contributed by atoms with Crippen LogP contribution in [-0.4, -0.2) is 6.61 Å². The lowest BCUT2D eigenvalue weighted by Gasteiger charge is -2.05. The van der Waals surface area contributed by atoms with Crippen molar-refractivity contribution in [1.82, 2.24) is 0 Å². The number of hydrogen-bond donors (Lipinski definition) is 0. The molecule has 0 aliphatic carbocycles. The first-order chi connectivity index (χ1) is 5.18. The highest BCUT2D eigenvalue weighted by Crippen LogP contribution is 2.51. The Balaban J connectivity index is 3.79. The Bertz CT molecular complexity index is 165. The van der Waals surface area contributed by atoms with Gasteiger partial charge in [0.05, 0.1) is 6.61 Å². The molecule has 0 amide bonds. The van der Waals surface area contributed by atoms with Gasteiger partial charge < -0.3 is 0 Å². The van der Waals surface area contributed by atoms with E-state index in [2.05, 4.69) is 29.1 Å². The lowest BCUT2D eigenvalue weighted by molar-refractivity contribution is -0.0405. The van der Waals surface area contributed by atoms with Gasteiger partial charge in [-0.25, -0.2) is 8.18 Å². The van der Waals surface area contributed by atoms with Crippen molar-refractivity contribution in [3.05, 3.63) is 12.2 Å². The second-order valence-corrected chi connectivity index (χ2v) is 3.75. The number of phosphoric acid groups is 1. The molecule has 0 radical (unpaired) electrons. The molecule has 0 aromatic carbocycles. The third-order valence-electron chi connectivity index (χ3n) is 0.734. The van der Waals surface area contributed by atoms with E-state index < -0.39 is 7.82 Å². The Labute approximate surface area is 72.3 Å². The fraction of sp³-hybridized carbons (Fsp3) is 0.500. The van der Waals surface area contributed by atoms with E-state index >= 15 is 0 Å². The van der Waals surface area contributed by atoms with E-state index in [4.69, 9.17) is 0 Å². The van der Waals surface area contributed by atoms with Crippen molar-refractivity contribution in [1.29, 1.82) is 0 Å². The Kier molecular flexibility index (Phi) is 5.99. The van der Waals surface area contributed by atoms with Gasteiger partial charge in [0.25, 0.3) is 0 Å². The van der Waals surface area contributed by atoms with E-state index in [1.807, 2.05) is 0 Å². The highest BCUT2D eigenvalue weighted by atomic mass is 79.9. The summed E-state index contributed by atoms with van der Waals surface area (Å²) in [5, 5.41) is 0. The maximum atomic E-state index is 11.4. The van der Waals surface area contributed by atoms with Gasteiger partial charge in [-0.3, -0.25) is 4.52 Å². The van der Waals surface area contributed by atoms with E-state index in [0.29, 0.717) is 0 Å². The van der Waals surface area contributed by atoms with Crippen molar-refractivity contribution >= 4 is 24.1 Å². The molecular weight excluding hydrogens is 242 g/mol. The van der Waals surface area contributed by atoms with Crippen molar-refractivity contribution in [3.8, 4) is 0 Å². The van der Waals surface area contributed by atoms with Crippen LogP contribution >= 0.6 is 24.1 Å². The van der Waals surface area contributed by atoms with Crippen molar-refractivity contribution < 1.29 is 22.0 Å². The van der Waals surface area contributed by atoms with Crippen LogP contribution in [0.5, 0.6) is 0 Å². The molecule has 0 saturated heterocycles. The van der Waals surface area contributed by atoms with Crippen molar-refractivity contribution in [3.63, 3.8) is 0 Å². The van der Waals surface area contributed by atoms with Gasteiger partial charge in [-0.2, -0.15) is 0 Å². The second kappa shape index (κ2) is 5.85. The highest BCUT2D eigenvalue weighted by Gasteiger charge is 2.26. The number of rotatable bonds is 5. The molecule has 0 rings (SSSR count). The number of hydrogen-bond acceptors (Lipinski definition) is 4. The van der Waals surface area contributed by atoms with Gasteiger partial charge in [0.2, 0.25) is 0 Å². The first kappa shape index (κ1) is 11.3. The van der Waals surface area contributed by atoms with E-state index in [1.54, 1.807) is 13.0 Å². The molecule has 66 valence electrons. The molecule has 0 saturated carbocycles. The SMILES string of the molecule is CC=CCOP(=O)(OF)OBr. The fourth-order valence-electron chi connectivity index (χ4n) is 0.281. The van der Waals surface area contributed by atoms with Gasteiger partial charge in [0.1, 0.15) is 16.3 Å². The molecule has 0 aromatic rings. The quantitative estimate of drug-likeness (QED) is 0.555. The third kappa shape index (κ3) is 4.66. The zero-order valence-corrected chi connectivity index (χ0v) is 8.18. The van der Waals surface area contributed by atoms with Gasteiger partial charge in [0.15, 0.2) is 0 Å². The molecule has 1 atom stereocenters. The van der Waals surface area contributed by atoms with E-state index in [1.165, 1.54) is 6.08 Å². The average molecular weight is 249 g/mol. The van der Waals surface area contributed by atoms with E-state index in [9.17, 15) is 9.09 Å². The zero-order chi connectivity index (χ0) is 8.74. The molecule has 0 aliphatic heterocycles. The van der Waals surface area contributed by atoms with Crippen LogP contribution in [0.15, 0.2) is 12.2 Å². The largest absolute Gasteiger partial charge is 0.517 e. The minimum Gasteiger partial charge on any atom is -0.280 e. The molecular formula is C4H7BrFO4P. The molecule has 0 fully saturated rings. The van der Waals surface area contributed by atoms with Gasteiger partial charge in [-0.15, -0.1) is 0 Å². The summed E-state index contributed by atoms with van der Waals surface area (Å²) in [4.78, 5) is 0. The maximum Gasteiger partial charge on any atom is 0.517 e. The minimum absolute atomic E-state index is 0.0384. The molecule has 0 spiro atoms. The van der Waals surface area contributed by atoms with Crippen LogP contribution in [0.25, 0.3) is 0 Å².